The van der Waals surface area contributed by atoms with Crippen molar-refractivity contribution in [1.82, 2.24) is 0 Å². The van der Waals surface area contributed by atoms with Crippen LogP contribution in [-0.2, 0) is 6.42 Å². The van der Waals surface area contributed by atoms with Gasteiger partial charge in [0.15, 0.2) is 0 Å². The highest BCUT2D eigenvalue weighted by Crippen LogP contribution is 2.36. The molecule has 0 radical (unpaired) electrons. The summed E-state index contributed by atoms with van der Waals surface area (Å²) in [6.45, 7) is 3.01. The number of hydrogen-bond donors (Lipinski definition) is 2. The second kappa shape index (κ2) is 5.98. The number of hydrogen-bond acceptors (Lipinski definition) is 6. The molecule has 6 nitrogen and oxygen atoms in total. The third-order valence-corrected chi connectivity index (χ3v) is 3.59. The summed E-state index contributed by atoms with van der Waals surface area (Å²) in [7, 11) is 2.98. The van der Waals surface area contributed by atoms with Crippen LogP contribution in [0.4, 0.5) is 0 Å². The van der Waals surface area contributed by atoms with Crippen LogP contribution >= 0.6 is 0 Å². The smallest absolute Gasteiger partial charge is 0.336 e. The number of ether oxygens (including phenoxy) is 2. The summed E-state index contributed by atoms with van der Waals surface area (Å²) in [5.74, 6) is 0.916. The van der Waals surface area contributed by atoms with E-state index >= 15 is 0 Å². The molecule has 0 amide bonds. The summed E-state index contributed by atoms with van der Waals surface area (Å²) in [5.41, 5.74) is -1.02. The van der Waals surface area contributed by atoms with Crippen molar-refractivity contribution in [2.24, 2.45) is 0 Å². The number of fused-ring (bicyclic) bond motifs is 1. The van der Waals surface area contributed by atoms with Gasteiger partial charge in [0.25, 0.3) is 0 Å². The second-order valence-corrected chi connectivity index (χ2v) is 5.63. The van der Waals surface area contributed by atoms with Crippen molar-refractivity contribution in [3.8, 4) is 11.5 Å². The maximum atomic E-state index is 11.6. The number of aliphatic hydroxyl groups is 2. The van der Waals surface area contributed by atoms with Gasteiger partial charge in [0.05, 0.1) is 31.3 Å². The highest BCUT2D eigenvalue weighted by atomic mass is 16.5. The second-order valence-electron chi connectivity index (χ2n) is 5.63. The molecule has 22 heavy (non-hydrogen) atoms. The molecule has 0 aliphatic carbocycles. The van der Waals surface area contributed by atoms with E-state index in [1.165, 1.54) is 34.1 Å². The molecule has 0 saturated carbocycles. The summed E-state index contributed by atoms with van der Waals surface area (Å²) in [4.78, 5) is 11.6. The van der Waals surface area contributed by atoms with E-state index in [1.807, 2.05) is 0 Å². The maximum absolute atomic E-state index is 11.6. The van der Waals surface area contributed by atoms with E-state index in [9.17, 15) is 15.0 Å². The summed E-state index contributed by atoms with van der Waals surface area (Å²) in [6.07, 6.45) is -0.983. The Bertz CT molecular complexity index is 726. The lowest BCUT2D eigenvalue weighted by Gasteiger charge is -2.25. The van der Waals surface area contributed by atoms with Crippen LogP contribution in [0.15, 0.2) is 27.4 Å². The van der Waals surface area contributed by atoms with Gasteiger partial charge in [-0.1, -0.05) is 0 Å². The van der Waals surface area contributed by atoms with Gasteiger partial charge in [-0.2, -0.15) is 0 Å². The molecular formula is C16H20O6. The Morgan fingerprint density at radius 3 is 2.41 bits per heavy atom. The SMILES string of the molecule is COc1cc(OC)c2ccc(=O)oc2c1C[C@@H](O)C(C)(C)O. The van der Waals surface area contributed by atoms with Crippen LogP contribution in [0, 0.1) is 0 Å². The van der Waals surface area contributed by atoms with Gasteiger partial charge in [-0.05, 0) is 19.9 Å². The third kappa shape index (κ3) is 3.08. The fraction of sp³-hybridized carbons (Fsp3) is 0.438. The lowest BCUT2D eigenvalue weighted by atomic mass is 9.93. The first-order valence-electron chi connectivity index (χ1n) is 6.86. The molecule has 0 aliphatic heterocycles. The predicted octanol–water partition coefficient (Wildman–Crippen LogP) is 1.48. The molecule has 0 saturated heterocycles. The standard InChI is InChI=1S/C16H20O6/c1-16(2,19)13(17)7-10-12(21-4)8-11(20-3)9-5-6-14(18)22-15(9)10/h5-6,8,13,17,19H,7H2,1-4H3/t13-/m1/s1. The van der Waals surface area contributed by atoms with E-state index in [1.54, 1.807) is 12.1 Å². The van der Waals surface area contributed by atoms with Crippen LogP contribution in [0.2, 0.25) is 0 Å². The monoisotopic (exact) mass is 308 g/mol. The number of methoxy groups -OCH3 is 2. The Hall–Kier alpha value is -2.05. The molecule has 0 aliphatic rings. The van der Waals surface area contributed by atoms with Crippen molar-refractivity contribution in [1.29, 1.82) is 0 Å². The van der Waals surface area contributed by atoms with Gasteiger partial charge in [0.2, 0.25) is 0 Å². The summed E-state index contributed by atoms with van der Waals surface area (Å²) < 4.78 is 15.9. The van der Waals surface area contributed by atoms with E-state index in [0.717, 1.165) is 0 Å². The first-order valence-corrected chi connectivity index (χ1v) is 6.86. The van der Waals surface area contributed by atoms with Crippen molar-refractivity contribution >= 4 is 11.0 Å². The van der Waals surface area contributed by atoms with Crippen LogP contribution in [0.25, 0.3) is 11.0 Å². The largest absolute Gasteiger partial charge is 0.496 e. The van der Waals surface area contributed by atoms with Crippen molar-refractivity contribution in [2.75, 3.05) is 14.2 Å². The van der Waals surface area contributed by atoms with E-state index in [-0.39, 0.29) is 12.0 Å². The Kier molecular flexibility index (Phi) is 4.44. The Labute approximate surface area is 127 Å². The van der Waals surface area contributed by atoms with Crippen LogP contribution in [-0.4, -0.2) is 36.1 Å². The topological polar surface area (TPSA) is 89.1 Å². The maximum Gasteiger partial charge on any atom is 0.336 e. The summed E-state index contributed by atoms with van der Waals surface area (Å²) in [5, 5.41) is 20.7. The zero-order chi connectivity index (χ0) is 16.5. The van der Waals surface area contributed by atoms with Crippen molar-refractivity contribution < 1.29 is 24.1 Å². The van der Waals surface area contributed by atoms with Gasteiger partial charge in [-0.3, -0.25) is 0 Å². The minimum atomic E-state index is -1.30. The van der Waals surface area contributed by atoms with Crippen LogP contribution < -0.4 is 15.1 Å². The first kappa shape index (κ1) is 16.3. The Morgan fingerprint density at radius 1 is 1.23 bits per heavy atom. The van der Waals surface area contributed by atoms with Crippen LogP contribution in [0.1, 0.15) is 19.4 Å². The van der Waals surface area contributed by atoms with Gasteiger partial charge < -0.3 is 24.1 Å². The lowest BCUT2D eigenvalue weighted by molar-refractivity contribution is -0.0470. The lowest BCUT2D eigenvalue weighted by Crippen LogP contribution is -2.37. The quantitative estimate of drug-likeness (QED) is 0.813. The highest BCUT2D eigenvalue weighted by molar-refractivity contribution is 5.88. The van der Waals surface area contributed by atoms with Gasteiger partial charge in [0, 0.05) is 24.1 Å². The summed E-state index contributed by atoms with van der Waals surface area (Å²) >= 11 is 0. The molecule has 2 aromatic rings. The average Bonchev–Trinajstić information content (AvgIpc) is 2.46. The molecule has 0 unspecified atom stereocenters. The number of aliphatic hydroxyl groups excluding tert-OH is 1. The fourth-order valence-electron chi connectivity index (χ4n) is 2.22. The molecule has 0 fully saturated rings. The van der Waals surface area contributed by atoms with Crippen LogP contribution in [0.3, 0.4) is 0 Å². The fourth-order valence-corrected chi connectivity index (χ4v) is 2.22. The molecule has 1 aromatic carbocycles. The molecule has 1 heterocycles. The molecule has 1 atom stereocenters. The molecule has 120 valence electrons. The molecule has 2 N–H and O–H groups in total. The number of rotatable bonds is 5. The van der Waals surface area contributed by atoms with Crippen molar-refractivity contribution in [3.05, 3.63) is 34.2 Å². The predicted molar refractivity (Wildman–Crippen MR) is 81.6 cm³/mol. The van der Waals surface area contributed by atoms with Crippen LogP contribution in [0.5, 0.6) is 11.5 Å². The normalized spacial score (nSPS) is 13.2. The van der Waals surface area contributed by atoms with E-state index < -0.39 is 17.3 Å². The molecule has 0 bridgehead atoms. The highest BCUT2D eigenvalue weighted by Gasteiger charge is 2.28. The molecular weight excluding hydrogens is 288 g/mol. The van der Waals surface area contributed by atoms with Crippen molar-refractivity contribution in [2.45, 2.75) is 32.0 Å². The third-order valence-electron chi connectivity index (χ3n) is 3.59. The zero-order valence-corrected chi connectivity index (χ0v) is 13.0. The Balaban J connectivity index is 2.70. The van der Waals surface area contributed by atoms with E-state index in [4.69, 9.17) is 13.9 Å². The van der Waals surface area contributed by atoms with Gasteiger partial charge in [-0.15, -0.1) is 0 Å². The minimum absolute atomic E-state index is 0.0696. The van der Waals surface area contributed by atoms with E-state index in [0.29, 0.717) is 22.4 Å². The minimum Gasteiger partial charge on any atom is -0.496 e. The molecule has 1 aromatic heterocycles. The molecule has 2 rings (SSSR count). The number of benzene rings is 1. The van der Waals surface area contributed by atoms with Crippen molar-refractivity contribution in [3.63, 3.8) is 0 Å². The zero-order valence-electron chi connectivity index (χ0n) is 13.0. The van der Waals surface area contributed by atoms with Gasteiger partial charge in [0.1, 0.15) is 17.1 Å². The Morgan fingerprint density at radius 2 is 1.86 bits per heavy atom. The summed E-state index contributed by atoms with van der Waals surface area (Å²) in [6, 6.07) is 4.56. The van der Waals surface area contributed by atoms with Gasteiger partial charge >= 0.3 is 5.63 Å². The molecule has 0 spiro atoms. The molecule has 6 heteroatoms. The van der Waals surface area contributed by atoms with Gasteiger partial charge in [-0.25, -0.2) is 4.79 Å². The van der Waals surface area contributed by atoms with E-state index in [2.05, 4.69) is 0 Å². The first-order chi connectivity index (χ1) is 10.3. The average molecular weight is 308 g/mol.